The number of hydrogen-bond acceptors (Lipinski definition) is 5. The highest BCUT2D eigenvalue weighted by Gasteiger charge is 2.37. The van der Waals surface area contributed by atoms with Crippen LogP contribution in [0.2, 0.25) is 0 Å². The Hall–Kier alpha value is -0.650. The van der Waals surface area contributed by atoms with E-state index in [9.17, 15) is 4.79 Å². The summed E-state index contributed by atoms with van der Waals surface area (Å²) in [7, 11) is 0. The zero-order valence-corrected chi connectivity index (χ0v) is 8.81. The van der Waals surface area contributed by atoms with Gasteiger partial charge >= 0.3 is 5.97 Å². The molecule has 0 amide bonds. The molecule has 15 heavy (non-hydrogen) atoms. The SMILES string of the molecule is CCOC(=O)C[C@H]1OC[C@H]2OCC[C@H]2O1. The minimum absolute atomic E-state index is 0.0449. The molecule has 0 unspecified atom stereocenters. The van der Waals surface area contributed by atoms with Gasteiger partial charge in [0.25, 0.3) is 0 Å². The normalized spacial score (nSPS) is 34.9. The van der Waals surface area contributed by atoms with E-state index in [-0.39, 0.29) is 24.6 Å². The van der Waals surface area contributed by atoms with Crippen LogP contribution in [0.1, 0.15) is 19.8 Å². The Morgan fingerprint density at radius 2 is 2.27 bits per heavy atom. The summed E-state index contributed by atoms with van der Waals surface area (Å²) in [5.74, 6) is -0.278. The predicted octanol–water partition coefficient (Wildman–Crippen LogP) is 0.470. The van der Waals surface area contributed by atoms with Crippen LogP contribution in [0.5, 0.6) is 0 Å². The summed E-state index contributed by atoms with van der Waals surface area (Å²) in [5, 5.41) is 0. The van der Waals surface area contributed by atoms with E-state index in [1.54, 1.807) is 6.92 Å². The number of rotatable bonds is 3. The highest BCUT2D eigenvalue weighted by Crippen LogP contribution is 2.25. The lowest BCUT2D eigenvalue weighted by molar-refractivity contribution is -0.241. The van der Waals surface area contributed by atoms with Gasteiger partial charge in [0.15, 0.2) is 6.29 Å². The van der Waals surface area contributed by atoms with Gasteiger partial charge in [-0.1, -0.05) is 0 Å². The lowest BCUT2D eigenvalue weighted by atomic mass is 10.2. The van der Waals surface area contributed by atoms with E-state index in [1.165, 1.54) is 0 Å². The molecule has 5 heteroatoms. The lowest BCUT2D eigenvalue weighted by Gasteiger charge is -2.31. The first-order valence-electron chi connectivity index (χ1n) is 5.34. The maximum absolute atomic E-state index is 11.2. The molecule has 0 aliphatic carbocycles. The molecule has 2 saturated heterocycles. The number of ether oxygens (including phenoxy) is 4. The largest absolute Gasteiger partial charge is 0.466 e. The predicted molar refractivity (Wildman–Crippen MR) is 50.2 cm³/mol. The first-order valence-corrected chi connectivity index (χ1v) is 5.34. The Morgan fingerprint density at radius 3 is 3.07 bits per heavy atom. The van der Waals surface area contributed by atoms with E-state index in [2.05, 4.69) is 0 Å². The average molecular weight is 216 g/mol. The van der Waals surface area contributed by atoms with Gasteiger partial charge in [-0.25, -0.2) is 0 Å². The zero-order valence-electron chi connectivity index (χ0n) is 8.81. The van der Waals surface area contributed by atoms with Gasteiger partial charge in [-0.2, -0.15) is 0 Å². The van der Waals surface area contributed by atoms with Gasteiger partial charge in [0.1, 0.15) is 6.10 Å². The van der Waals surface area contributed by atoms with Crippen molar-refractivity contribution < 1.29 is 23.7 Å². The van der Waals surface area contributed by atoms with Crippen LogP contribution in [0.3, 0.4) is 0 Å². The van der Waals surface area contributed by atoms with Crippen molar-refractivity contribution in [3.05, 3.63) is 0 Å². The van der Waals surface area contributed by atoms with Crippen molar-refractivity contribution in [2.24, 2.45) is 0 Å². The highest BCUT2D eigenvalue weighted by molar-refractivity contribution is 5.69. The Kier molecular flexibility index (Phi) is 3.56. The minimum Gasteiger partial charge on any atom is -0.466 e. The maximum atomic E-state index is 11.2. The fourth-order valence-corrected chi connectivity index (χ4v) is 1.84. The van der Waals surface area contributed by atoms with Crippen LogP contribution in [0.4, 0.5) is 0 Å². The summed E-state index contributed by atoms with van der Waals surface area (Å²) in [4.78, 5) is 11.2. The molecule has 2 fully saturated rings. The second-order valence-corrected chi connectivity index (χ2v) is 3.64. The van der Waals surface area contributed by atoms with E-state index in [1.807, 2.05) is 0 Å². The molecule has 0 aromatic carbocycles. The molecule has 0 bridgehead atoms. The van der Waals surface area contributed by atoms with Crippen LogP contribution < -0.4 is 0 Å². The van der Waals surface area contributed by atoms with Crippen LogP contribution in [0, 0.1) is 0 Å². The van der Waals surface area contributed by atoms with Gasteiger partial charge in [0.05, 0.1) is 25.7 Å². The van der Waals surface area contributed by atoms with Gasteiger partial charge < -0.3 is 18.9 Å². The van der Waals surface area contributed by atoms with Crippen LogP contribution in [-0.2, 0) is 23.7 Å². The topological polar surface area (TPSA) is 54.0 Å². The molecular formula is C10H16O5. The zero-order chi connectivity index (χ0) is 10.7. The van der Waals surface area contributed by atoms with Crippen molar-refractivity contribution in [3.63, 3.8) is 0 Å². The molecule has 2 rings (SSSR count). The van der Waals surface area contributed by atoms with E-state index >= 15 is 0 Å². The minimum atomic E-state index is -0.466. The smallest absolute Gasteiger partial charge is 0.310 e. The van der Waals surface area contributed by atoms with Crippen LogP contribution in [-0.4, -0.2) is 44.3 Å². The molecule has 0 spiro atoms. The second kappa shape index (κ2) is 4.92. The molecule has 0 saturated carbocycles. The van der Waals surface area contributed by atoms with Gasteiger partial charge in [0.2, 0.25) is 0 Å². The number of esters is 1. The van der Waals surface area contributed by atoms with E-state index < -0.39 is 6.29 Å². The van der Waals surface area contributed by atoms with Crippen LogP contribution >= 0.6 is 0 Å². The van der Waals surface area contributed by atoms with Gasteiger partial charge in [-0.3, -0.25) is 4.79 Å². The second-order valence-electron chi connectivity index (χ2n) is 3.64. The molecule has 5 nitrogen and oxygen atoms in total. The Balaban J connectivity index is 1.77. The number of hydrogen-bond donors (Lipinski definition) is 0. The summed E-state index contributed by atoms with van der Waals surface area (Å²) >= 11 is 0. The number of fused-ring (bicyclic) bond motifs is 1. The number of carbonyl (C=O) groups is 1. The summed E-state index contributed by atoms with van der Waals surface area (Å²) in [6.07, 6.45) is 0.707. The molecule has 3 atom stereocenters. The summed E-state index contributed by atoms with van der Waals surface area (Å²) in [6, 6.07) is 0. The third-order valence-corrected chi connectivity index (χ3v) is 2.56. The molecule has 0 aromatic heterocycles. The quantitative estimate of drug-likeness (QED) is 0.642. The van der Waals surface area contributed by atoms with Crippen LogP contribution in [0.25, 0.3) is 0 Å². The molecule has 0 N–H and O–H groups in total. The Bertz CT molecular complexity index is 230. The third kappa shape index (κ3) is 2.68. The molecular weight excluding hydrogens is 200 g/mol. The first kappa shape index (κ1) is 10.9. The monoisotopic (exact) mass is 216 g/mol. The van der Waals surface area contributed by atoms with Gasteiger partial charge in [-0.15, -0.1) is 0 Å². The van der Waals surface area contributed by atoms with Gasteiger partial charge in [0, 0.05) is 6.61 Å². The fourth-order valence-electron chi connectivity index (χ4n) is 1.84. The molecule has 0 aromatic rings. The third-order valence-electron chi connectivity index (χ3n) is 2.56. The molecule has 86 valence electrons. The van der Waals surface area contributed by atoms with Crippen molar-refractivity contribution >= 4 is 5.97 Å². The average Bonchev–Trinajstić information content (AvgIpc) is 2.65. The van der Waals surface area contributed by atoms with E-state index in [0.29, 0.717) is 19.8 Å². The molecule has 0 radical (unpaired) electrons. The van der Waals surface area contributed by atoms with E-state index in [0.717, 1.165) is 6.42 Å². The van der Waals surface area contributed by atoms with Crippen LogP contribution in [0.15, 0.2) is 0 Å². The first-order chi connectivity index (χ1) is 7.29. The Morgan fingerprint density at radius 1 is 1.40 bits per heavy atom. The summed E-state index contributed by atoms with van der Waals surface area (Å²) < 4.78 is 21.2. The molecule has 2 heterocycles. The van der Waals surface area contributed by atoms with Crippen molar-refractivity contribution in [2.75, 3.05) is 19.8 Å². The van der Waals surface area contributed by atoms with Gasteiger partial charge in [-0.05, 0) is 13.3 Å². The lowest BCUT2D eigenvalue weighted by Crippen LogP contribution is -2.42. The van der Waals surface area contributed by atoms with Crippen molar-refractivity contribution in [2.45, 2.75) is 38.3 Å². The maximum Gasteiger partial charge on any atom is 0.310 e. The molecule has 2 aliphatic rings. The van der Waals surface area contributed by atoms with Crippen molar-refractivity contribution in [1.29, 1.82) is 0 Å². The highest BCUT2D eigenvalue weighted by atomic mass is 16.7. The summed E-state index contributed by atoms with van der Waals surface area (Å²) in [6.45, 7) is 3.39. The standard InChI is InChI=1S/C10H16O5/c1-2-12-9(11)5-10-14-6-8-7(15-10)3-4-13-8/h7-8,10H,2-6H2,1H3/t7-,8-,10+/m1/s1. The van der Waals surface area contributed by atoms with E-state index in [4.69, 9.17) is 18.9 Å². The Labute approximate surface area is 88.6 Å². The molecule has 2 aliphatic heterocycles. The number of carbonyl (C=O) groups excluding carboxylic acids is 1. The fraction of sp³-hybridized carbons (Fsp3) is 0.900. The van der Waals surface area contributed by atoms with Crippen molar-refractivity contribution in [3.8, 4) is 0 Å². The summed E-state index contributed by atoms with van der Waals surface area (Å²) in [5.41, 5.74) is 0. The van der Waals surface area contributed by atoms with Crippen molar-refractivity contribution in [1.82, 2.24) is 0 Å².